The maximum Gasteiger partial charge on any atom is 0.252 e. The molecule has 1 amide bonds. The number of carbonyl (C=O) groups is 1. The van der Waals surface area contributed by atoms with E-state index in [2.05, 4.69) is 26.6 Å². The van der Waals surface area contributed by atoms with Crippen LogP contribution in [0.5, 0.6) is 0 Å². The lowest BCUT2D eigenvalue weighted by Crippen LogP contribution is -2.51. The first-order chi connectivity index (χ1) is 11.3. The highest BCUT2D eigenvalue weighted by Crippen LogP contribution is 2.30. The number of hydrogen-bond acceptors (Lipinski definition) is 2. The average molecular weight is 451 g/mol. The standard InChI is InChI=1S/C17H16BrCl3N2O/c1-2-17(20,21)16(22-14-9-7-13(19)8-10-14)23-15(24)11-3-5-12(18)6-4-11/h3-10,16,22H,2H2,1H3,(H,23,24). The molecule has 2 aromatic rings. The van der Waals surface area contributed by atoms with Crippen molar-refractivity contribution in [3.63, 3.8) is 0 Å². The molecule has 0 heterocycles. The third-order valence-corrected chi connectivity index (χ3v) is 5.18. The molecule has 2 rings (SSSR count). The van der Waals surface area contributed by atoms with E-state index < -0.39 is 10.5 Å². The Kier molecular flexibility index (Phi) is 6.81. The van der Waals surface area contributed by atoms with Crippen LogP contribution >= 0.6 is 50.7 Å². The fraction of sp³-hybridized carbons (Fsp3) is 0.235. The molecule has 0 spiro atoms. The van der Waals surface area contributed by atoms with Crippen molar-refractivity contribution in [2.45, 2.75) is 23.8 Å². The van der Waals surface area contributed by atoms with Crippen LogP contribution in [0.15, 0.2) is 53.0 Å². The van der Waals surface area contributed by atoms with Gasteiger partial charge in [0.1, 0.15) is 6.17 Å². The Hall–Kier alpha value is -0.940. The third kappa shape index (κ3) is 5.28. The average Bonchev–Trinajstić information content (AvgIpc) is 2.56. The number of rotatable bonds is 6. The second-order valence-corrected chi connectivity index (χ2v) is 8.07. The van der Waals surface area contributed by atoms with Gasteiger partial charge in [-0.15, -0.1) is 0 Å². The summed E-state index contributed by atoms with van der Waals surface area (Å²) in [6.45, 7) is 1.85. The fourth-order valence-electron chi connectivity index (χ4n) is 1.98. The molecule has 0 aromatic heterocycles. The van der Waals surface area contributed by atoms with E-state index in [0.717, 1.165) is 10.2 Å². The van der Waals surface area contributed by atoms with E-state index in [4.69, 9.17) is 34.8 Å². The zero-order valence-corrected chi connectivity index (χ0v) is 16.7. The Morgan fingerprint density at radius 2 is 1.71 bits per heavy atom. The summed E-state index contributed by atoms with van der Waals surface area (Å²) in [5.41, 5.74) is 1.26. The summed E-state index contributed by atoms with van der Waals surface area (Å²) in [5.74, 6) is -0.270. The van der Waals surface area contributed by atoms with Crippen molar-refractivity contribution in [1.82, 2.24) is 5.32 Å². The van der Waals surface area contributed by atoms with Gasteiger partial charge in [0.25, 0.3) is 5.91 Å². The van der Waals surface area contributed by atoms with Gasteiger partial charge in [-0.2, -0.15) is 0 Å². The van der Waals surface area contributed by atoms with Gasteiger partial charge in [0.05, 0.1) is 0 Å². The van der Waals surface area contributed by atoms with Gasteiger partial charge in [-0.1, -0.05) is 57.7 Å². The number of nitrogens with one attached hydrogen (secondary N) is 2. The molecule has 0 bridgehead atoms. The highest BCUT2D eigenvalue weighted by molar-refractivity contribution is 9.10. The number of halogens is 4. The molecule has 0 saturated heterocycles. The van der Waals surface area contributed by atoms with Gasteiger partial charge in [0.15, 0.2) is 4.33 Å². The zero-order valence-electron chi connectivity index (χ0n) is 12.8. The van der Waals surface area contributed by atoms with E-state index in [1.54, 1.807) is 48.5 Å². The van der Waals surface area contributed by atoms with Gasteiger partial charge in [0.2, 0.25) is 0 Å². The van der Waals surface area contributed by atoms with Gasteiger partial charge >= 0.3 is 0 Å². The van der Waals surface area contributed by atoms with Crippen LogP contribution in [0.3, 0.4) is 0 Å². The number of amides is 1. The summed E-state index contributed by atoms with van der Waals surface area (Å²) in [6.07, 6.45) is -0.231. The quantitative estimate of drug-likeness (QED) is 0.428. The highest BCUT2D eigenvalue weighted by Gasteiger charge is 2.34. The molecule has 24 heavy (non-hydrogen) atoms. The van der Waals surface area contributed by atoms with Crippen LogP contribution in [0.1, 0.15) is 23.7 Å². The van der Waals surface area contributed by atoms with E-state index in [9.17, 15) is 4.79 Å². The fourth-order valence-corrected chi connectivity index (χ4v) is 2.59. The van der Waals surface area contributed by atoms with Gasteiger partial charge < -0.3 is 10.6 Å². The normalized spacial score (nSPS) is 12.5. The number of carbonyl (C=O) groups excluding carboxylic acids is 1. The van der Waals surface area contributed by atoms with Crippen molar-refractivity contribution < 1.29 is 4.79 Å². The number of benzene rings is 2. The van der Waals surface area contributed by atoms with Gasteiger partial charge in [-0.25, -0.2) is 0 Å². The molecular formula is C17H16BrCl3N2O. The van der Waals surface area contributed by atoms with Crippen LogP contribution in [0.2, 0.25) is 5.02 Å². The first kappa shape index (κ1) is 19.4. The first-order valence-corrected chi connectivity index (χ1v) is 9.21. The van der Waals surface area contributed by atoms with Crippen LogP contribution in [0, 0.1) is 0 Å². The van der Waals surface area contributed by atoms with Crippen molar-refractivity contribution in [2.24, 2.45) is 0 Å². The molecule has 0 aliphatic carbocycles. The van der Waals surface area contributed by atoms with Crippen molar-refractivity contribution in [2.75, 3.05) is 5.32 Å². The predicted octanol–water partition coefficient (Wildman–Crippen LogP) is 5.85. The molecule has 7 heteroatoms. The molecule has 0 fully saturated rings. The van der Waals surface area contributed by atoms with E-state index in [-0.39, 0.29) is 5.91 Å². The first-order valence-electron chi connectivity index (χ1n) is 7.28. The summed E-state index contributed by atoms with van der Waals surface area (Å²) < 4.78 is -0.280. The van der Waals surface area contributed by atoms with Crippen molar-refractivity contribution in [3.05, 3.63) is 63.6 Å². The second kappa shape index (κ2) is 8.43. The van der Waals surface area contributed by atoms with Crippen LogP contribution in [-0.4, -0.2) is 16.4 Å². The minimum Gasteiger partial charge on any atom is -0.363 e. The maximum absolute atomic E-state index is 12.5. The van der Waals surface area contributed by atoms with Crippen molar-refractivity contribution in [3.8, 4) is 0 Å². The van der Waals surface area contributed by atoms with Gasteiger partial charge in [-0.05, 0) is 55.0 Å². The van der Waals surface area contributed by atoms with E-state index >= 15 is 0 Å². The number of anilines is 1. The lowest BCUT2D eigenvalue weighted by Gasteiger charge is -2.31. The Labute approximate surface area is 164 Å². The summed E-state index contributed by atoms with van der Waals surface area (Å²) in [4.78, 5) is 12.5. The van der Waals surface area contributed by atoms with Crippen LogP contribution in [-0.2, 0) is 0 Å². The second-order valence-electron chi connectivity index (χ2n) is 5.18. The van der Waals surface area contributed by atoms with Gasteiger partial charge in [0, 0.05) is 20.7 Å². The summed E-state index contributed by atoms with van der Waals surface area (Å²) in [6, 6.07) is 14.1. The van der Waals surface area contributed by atoms with Crippen molar-refractivity contribution >= 4 is 62.3 Å². The minimum atomic E-state index is -1.18. The molecule has 1 atom stereocenters. The number of alkyl halides is 2. The Bertz CT molecular complexity index is 690. The lowest BCUT2D eigenvalue weighted by molar-refractivity contribution is 0.0938. The van der Waals surface area contributed by atoms with E-state index in [0.29, 0.717) is 17.0 Å². The van der Waals surface area contributed by atoms with E-state index in [1.165, 1.54) is 0 Å². The Morgan fingerprint density at radius 1 is 1.12 bits per heavy atom. The summed E-state index contributed by atoms with van der Waals surface area (Å²) in [7, 11) is 0. The predicted molar refractivity (Wildman–Crippen MR) is 105 cm³/mol. The Morgan fingerprint density at radius 3 is 2.25 bits per heavy atom. The maximum atomic E-state index is 12.5. The molecular weight excluding hydrogens is 434 g/mol. The minimum absolute atomic E-state index is 0.270. The van der Waals surface area contributed by atoms with Crippen molar-refractivity contribution in [1.29, 1.82) is 0 Å². The monoisotopic (exact) mass is 448 g/mol. The number of hydrogen-bond donors (Lipinski definition) is 2. The summed E-state index contributed by atoms with van der Waals surface area (Å²) in [5, 5.41) is 6.61. The van der Waals surface area contributed by atoms with Crippen LogP contribution < -0.4 is 10.6 Å². The molecule has 128 valence electrons. The molecule has 0 radical (unpaired) electrons. The molecule has 2 N–H and O–H groups in total. The van der Waals surface area contributed by atoms with Crippen LogP contribution in [0.4, 0.5) is 5.69 Å². The molecule has 3 nitrogen and oxygen atoms in total. The molecule has 0 saturated carbocycles. The summed E-state index contributed by atoms with van der Waals surface area (Å²) >= 11 is 22.0. The molecule has 0 aliphatic heterocycles. The zero-order chi connectivity index (χ0) is 17.7. The SMILES string of the molecule is CCC(Cl)(Cl)C(NC(=O)c1ccc(Br)cc1)Nc1ccc(Cl)cc1. The lowest BCUT2D eigenvalue weighted by atomic mass is 10.2. The van der Waals surface area contributed by atoms with E-state index in [1.807, 2.05) is 6.92 Å². The third-order valence-electron chi connectivity index (χ3n) is 3.43. The van der Waals surface area contributed by atoms with Crippen LogP contribution in [0.25, 0.3) is 0 Å². The van der Waals surface area contributed by atoms with Gasteiger partial charge in [-0.3, -0.25) is 4.79 Å². The highest BCUT2D eigenvalue weighted by atomic mass is 79.9. The largest absolute Gasteiger partial charge is 0.363 e. The molecule has 1 unspecified atom stereocenters. The molecule has 2 aromatic carbocycles. The topological polar surface area (TPSA) is 41.1 Å². The molecule has 0 aliphatic rings. The smallest absolute Gasteiger partial charge is 0.252 e. The Balaban J connectivity index is 2.18.